The minimum atomic E-state index is -0.706. The van der Waals surface area contributed by atoms with Crippen molar-refractivity contribution in [3.8, 4) is 28.7 Å². The Hall–Kier alpha value is -3.78. The van der Waals surface area contributed by atoms with Crippen LogP contribution in [-0.4, -0.2) is 40.7 Å². The van der Waals surface area contributed by atoms with Crippen molar-refractivity contribution in [3.63, 3.8) is 0 Å². The van der Waals surface area contributed by atoms with Gasteiger partial charge in [-0.3, -0.25) is 4.79 Å². The second kappa shape index (κ2) is 7.72. The lowest BCUT2D eigenvalue weighted by molar-refractivity contribution is -0.141. The molecule has 2 heterocycles. The lowest BCUT2D eigenvalue weighted by Crippen LogP contribution is -2.33. The molecule has 3 aliphatic rings. The molecular formula is C22H21N3O7. The zero-order valence-corrected chi connectivity index (χ0v) is 17.7. The monoisotopic (exact) mass is 439 g/mol. The number of azide groups is 1. The lowest BCUT2D eigenvalue weighted by atomic mass is 9.65. The van der Waals surface area contributed by atoms with E-state index in [-0.39, 0.29) is 31.2 Å². The quantitative estimate of drug-likeness (QED) is 0.301. The molecule has 32 heavy (non-hydrogen) atoms. The van der Waals surface area contributed by atoms with Crippen LogP contribution in [0, 0.1) is 11.8 Å². The maximum Gasteiger partial charge on any atom is 0.310 e. The van der Waals surface area contributed by atoms with Gasteiger partial charge in [0.05, 0.1) is 39.9 Å². The fourth-order valence-corrected chi connectivity index (χ4v) is 5.04. The smallest absolute Gasteiger partial charge is 0.310 e. The summed E-state index contributed by atoms with van der Waals surface area (Å²) in [6, 6.07) is 6.72. The van der Waals surface area contributed by atoms with Gasteiger partial charge in [0.25, 0.3) is 0 Å². The molecule has 2 aliphatic heterocycles. The van der Waals surface area contributed by atoms with E-state index in [1.54, 1.807) is 27.4 Å². The minimum absolute atomic E-state index is 0.105. The van der Waals surface area contributed by atoms with Gasteiger partial charge in [-0.05, 0) is 46.5 Å². The molecule has 0 saturated carbocycles. The molecule has 166 valence electrons. The van der Waals surface area contributed by atoms with Crippen molar-refractivity contribution < 1.29 is 33.2 Å². The molecule has 10 nitrogen and oxygen atoms in total. The Balaban J connectivity index is 1.76. The fraction of sp³-hybridized carbons (Fsp3) is 0.409. The van der Waals surface area contributed by atoms with E-state index in [0.717, 1.165) is 11.1 Å². The summed E-state index contributed by atoms with van der Waals surface area (Å²) in [7, 11) is 4.65. The van der Waals surface area contributed by atoms with Crippen molar-refractivity contribution in [3.05, 3.63) is 51.4 Å². The third-order valence-electron chi connectivity index (χ3n) is 6.37. The maximum absolute atomic E-state index is 12.7. The number of nitrogens with zero attached hydrogens (tertiary/aromatic N) is 3. The highest BCUT2D eigenvalue weighted by molar-refractivity contribution is 5.78. The average Bonchev–Trinajstić information content (AvgIpc) is 3.43. The van der Waals surface area contributed by atoms with Crippen molar-refractivity contribution in [1.29, 1.82) is 0 Å². The number of ether oxygens (including phenoxy) is 6. The first kappa shape index (κ1) is 20.1. The van der Waals surface area contributed by atoms with E-state index >= 15 is 0 Å². The Bertz CT molecular complexity index is 1120. The van der Waals surface area contributed by atoms with Crippen LogP contribution in [0.4, 0.5) is 0 Å². The van der Waals surface area contributed by atoms with Crippen LogP contribution in [0.25, 0.3) is 10.4 Å². The summed E-state index contributed by atoms with van der Waals surface area (Å²) in [6.45, 7) is 0.310. The van der Waals surface area contributed by atoms with E-state index in [0.29, 0.717) is 34.3 Å². The van der Waals surface area contributed by atoms with Gasteiger partial charge in [0, 0.05) is 16.7 Å². The molecule has 0 aromatic heterocycles. The molecule has 1 fully saturated rings. The number of esters is 1. The summed E-state index contributed by atoms with van der Waals surface area (Å²) >= 11 is 0. The first-order valence-electron chi connectivity index (χ1n) is 10.1. The van der Waals surface area contributed by atoms with E-state index in [1.165, 1.54) is 0 Å². The van der Waals surface area contributed by atoms with E-state index in [4.69, 9.17) is 28.4 Å². The number of methoxy groups -OCH3 is 3. The molecule has 4 unspecified atom stereocenters. The van der Waals surface area contributed by atoms with Gasteiger partial charge < -0.3 is 28.4 Å². The number of benzene rings is 2. The number of hydrogen-bond acceptors (Lipinski definition) is 8. The summed E-state index contributed by atoms with van der Waals surface area (Å²) in [5.74, 6) is 1.10. The Morgan fingerprint density at radius 2 is 1.62 bits per heavy atom. The van der Waals surface area contributed by atoms with Crippen molar-refractivity contribution in [2.45, 2.75) is 12.0 Å². The highest BCUT2D eigenvalue weighted by atomic mass is 16.7. The first-order valence-corrected chi connectivity index (χ1v) is 10.1. The van der Waals surface area contributed by atoms with Gasteiger partial charge in [0.15, 0.2) is 23.0 Å². The predicted octanol–water partition coefficient (Wildman–Crippen LogP) is 3.73. The summed E-state index contributed by atoms with van der Waals surface area (Å²) in [6.07, 6.45) is 0. The SMILES string of the molecule is COc1cc(C2c3cc4c(cc3C(N=[N+]=[N-])C3C(=O)OCC23)OCO4)cc(OC)c1OC. The summed E-state index contributed by atoms with van der Waals surface area (Å²) in [5.41, 5.74) is 11.7. The molecule has 10 heteroatoms. The zero-order chi connectivity index (χ0) is 22.4. The predicted molar refractivity (Wildman–Crippen MR) is 110 cm³/mol. The third-order valence-corrected chi connectivity index (χ3v) is 6.37. The molecule has 5 rings (SSSR count). The van der Waals surface area contributed by atoms with E-state index in [2.05, 4.69) is 10.0 Å². The van der Waals surface area contributed by atoms with Crippen molar-refractivity contribution in [1.82, 2.24) is 0 Å². The molecule has 1 saturated heterocycles. The Kier molecular flexibility index (Phi) is 4.86. The molecule has 0 spiro atoms. The van der Waals surface area contributed by atoms with Gasteiger partial charge in [-0.15, -0.1) is 0 Å². The number of hydrogen-bond donors (Lipinski definition) is 0. The summed E-state index contributed by atoms with van der Waals surface area (Å²) in [4.78, 5) is 15.7. The minimum Gasteiger partial charge on any atom is -0.493 e. The van der Waals surface area contributed by atoms with Crippen molar-refractivity contribution in [2.75, 3.05) is 34.7 Å². The molecule has 0 bridgehead atoms. The van der Waals surface area contributed by atoms with Gasteiger partial charge in [0.1, 0.15) is 0 Å². The van der Waals surface area contributed by atoms with Crippen LogP contribution in [0.2, 0.25) is 0 Å². The molecule has 0 N–H and O–H groups in total. The molecule has 2 aromatic carbocycles. The van der Waals surface area contributed by atoms with E-state index in [1.807, 2.05) is 18.2 Å². The highest BCUT2D eigenvalue weighted by Crippen LogP contribution is 2.56. The van der Waals surface area contributed by atoms with Crippen molar-refractivity contribution in [2.24, 2.45) is 17.0 Å². The normalized spacial score (nSPS) is 24.7. The number of carbonyl (C=O) groups excluding carboxylic acids is 1. The van der Waals surface area contributed by atoms with Gasteiger partial charge in [-0.25, -0.2) is 0 Å². The molecule has 4 atom stereocenters. The number of rotatable bonds is 5. The van der Waals surface area contributed by atoms with Crippen LogP contribution >= 0.6 is 0 Å². The second-order valence-electron chi connectivity index (χ2n) is 7.74. The third kappa shape index (κ3) is 2.87. The van der Waals surface area contributed by atoms with Crippen LogP contribution in [0.3, 0.4) is 0 Å². The van der Waals surface area contributed by atoms with Crippen LogP contribution in [-0.2, 0) is 9.53 Å². The van der Waals surface area contributed by atoms with Gasteiger partial charge in [0.2, 0.25) is 12.5 Å². The molecule has 2 aromatic rings. The number of cyclic esters (lactones) is 1. The molecular weight excluding hydrogens is 418 g/mol. The van der Waals surface area contributed by atoms with Crippen LogP contribution < -0.4 is 23.7 Å². The molecule has 1 aliphatic carbocycles. The van der Waals surface area contributed by atoms with Crippen molar-refractivity contribution >= 4 is 5.97 Å². The van der Waals surface area contributed by atoms with Gasteiger partial charge in [-0.1, -0.05) is 5.11 Å². The van der Waals surface area contributed by atoms with Gasteiger partial charge in [-0.2, -0.15) is 0 Å². The zero-order valence-electron chi connectivity index (χ0n) is 17.7. The van der Waals surface area contributed by atoms with E-state index in [9.17, 15) is 10.3 Å². The second-order valence-corrected chi connectivity index (χ2v) is 7.74. The maximum atomic E-state index is 12.7. The largest absolute Gasteiger partial charge is 0.493 e. The summed E-state index contributed by atoms with van der Waals surface area (Å²) in [5, 5.41) is 3.98. The number of carbonyl (C=O) groups is 1. The Morgan fingerprint density at radius 1 is 0.969 bits per heavy atom. The van der Waals surface area contributed by atoms with Gasteiger partial charge >= 0.3 is 5.97 Å². The average molecular weight is 439 g/mol. The Morgan fingerprint density at radius 3 is 2.22 bits per heavy atom. The summed E-state index contributed by atoms with van der Waals surface area (Å²) < 4.78 is 33.2. The fourth-order valence-electron chi connectivity index (χ4n) is 5.04. The van der Waals surface area contributed by atoms with Crippen LogP contribution in [0.15, 0.2) is 29.4 Å². The first-order chi connectivity index (χ1) is 15.6. The lowest BCUT2D eigenvalue weighted by Gasteiger charge is -2.37. The standard InChI is InChI=1S/C22H21N3O7/c1-27-16-4-10(5-17(28-2)21(16)29-3)18-11-6-14-15(32-9-31-14)7-12(11)20(24-25-23)19-13(18)8-30-22(19)26/h4-7,13,18-20H,8-9H2,1-3H3. The van der Waals surface area contributed by atoms with Crippen LogP contribution in [0.1, 0.15) is 28.7 Å². The Labute approximate surface area is 183 Å². The van der Waals surface area contributed by atoms with Crippen LogP contribution in [0.5, 0.6) is 28.7 Å². The topological polar surface area (TPSA) is 121 Å². The molecule has 0 radical (unpaired) electrons. The highest BCUT2D eigenvalue weighted by Gasteiger charge is 2.52. The number of fused-ring (bicyclic) bond motifs is 3. The van der Waals surface area contributed by atoms with E-state index < -0.39 is 12.0 Å². The molecule has 0 amide bonds.